The normalized spacial score (nSPS) is 26.6. The molecule has 7 atom stereocenters. The van der Waals surface area contributed by atoms with E-state index in [0.717, 1.165) is 80.6 Å². The fourth-order valence-electron chi connectivity index (χ4n) is 10.7. The number of carbonyl (C=O) groups excluding carboxylic acids is 1. The van der Waals surface area contributed by atoms with Gasteiger partial charge in [0.2, 0.25) is 18.9 Å². The van der Waals surface area contributed by atoms with Crippen LogP contribution >= 0.6 is 0 Å². The second kappa shape index (κ2) is 21.0. The number of hydrogen-bond donors (Lipinski definition) is 2. The van der Waals surface area contributed by atoms with E-state index in [0.29, 0.717) is 66.6 Å². The molecule has 3 fully saturated rings. The largest absolute Gasteiger partial charge is 0.492 e. The summed E-state index contributed by atoms with van der Waals surface area (Å²) in [5.74, 6) is 0.237. The summed E-state index contributed by atoms with van der Waals surface area (Å²) in [5.41, 5.74) is 4.26. The van der Waals surface area contributed by atoms with E-state index < -0.39 is 24.0 Å². The van der Waals surface area contributed by atoms with Crippen molar-refractivity contribution in [3.63, 3.8) is 0 Å². The van der Waals surface area contributed by atoms with Gasteiger partial charge in [0.25, 0.3) is 5.91 Å². The highest BCUT2D eigenvalue weighted by atomic mass is 16.8. The van der Waals surface area contributed by atoms with Gasteiger partial charge in [-0.2, -0.15) is 5.26 Å². The standard InChI is InChI=1S/C52H62N4O10/c1-2-25-64-52-47(56(51(59)37-15-12-35(32-53)13-16-37)33-36-14-18-45-46(28-36)63-34-62-45)31-43(54-66-48-11-5-8-26-61-48)41-29-38(9-3-6-23-57)40(10-4-7-24-58)49(50(41)52)42-30-39(17-19-44(42)65-52)60-27-22-55-20-21-55/h2,12-19,28-30,38,40,47-50,57-58H,1,3-11,20-27,31,33-34H2/t38-,40+,47-,48?,49+,50+,52+/m0/s1. The SMILES string of the molecule is C=CCO[C@@]12Oc3ccc(OCCN4CC4)cc3[C@H]3[C@H](CCCCO)[C@@H](CCCCO)C=C(C(=NOC4CCCCO4)C[C@@H]1N(Cc1ccc4c(c1)OCO4)C(=O)c1ccc(C#N)cc1)[C@H]32. The van der Waals surface area contributed by atoms with Crippen LogP contribution in [-0.2, 0) is 20.9 Å². The van der Waals surface area contributed by atoms with Crippen molar-refractivity contribution in [2.24, 2.45) is 22.9 Å². The molecule has 66 heavy (non-hydrogen) atoms. The molecular weight excluding hydrogens is 841 g/mol. The minimum absolute atomic E-state index is 0.0466. The maximum atomic E-state index is 15.5. The summed E-state index contributed by atoms with van der Waals surface area (Å²) < 4.78 is 38.7. The summed E-state index contributed by atoms with van der Waals surface area (Å²) >= 11 is 0. The van der Waals surface area contributed by atoms with Crippen LogP contribution in [0.15, 0.2) is 90.1 Å². The molecule has 350 valence electrons. The highest BCUT2D eigenvalue weighted by molar-refractivity contribution is 6.03. The zero-order valence-corrected chi connectivity index (χ0v) is 37.7. The van der Waals surface area contributed by atoms with Crippen LogP contribution < -0.4 is 18.9 Å². The number of allylic oxidation sites excluding steroid dienone is 1. The first-order chi connectivity index (χ1) is 32.4. The van der Waals surface area contributed by atoms with Gasteiger partial charge in [0.15, 0.2) is 11.5 Å². The van der Waals surface area contributed by atoms with E-state index in [1.807, 2.05) is 35.2 Å². The number of oxime groups is 1. The van der Waals surface area contributed by atoms with Crippen molar-refractivity contribution < 1.29 is 48.3 Å². The number of nitrogens with zero attached hydrogens (tertiary/aromatic N) is 4. The molecule has 14 nitrogen and oxygen atoms in total. The van der Waals surface area contributed by atoms with Crippen molar-refractivity contribution in [1.29, 1.82) is 5.26 Å². The monoisotopic (exact) mass is 902 g/mol. The molecule has 0 aromatic heterocycles. The number of amides is 1. The predicted molar refractivity (Wildman–Crippen MR) is 245 cm³/mol. The van der Waals surface area contributed by atoms with Crippen molar-refractivity contribution in [2.75, 3.05) is 59.5 Å². The van der Waals surface area contributed by atoms with Gasteiger partial charge in [-0.3, -0.25) is 9.69 Å². The second-order valence-electron chi connectivity index (χ2n) is 18.2. The fourth-order valence-corrected chi connectivity index (χ4v) is 10.7. The highest BCUT2D eigenvalue weighted by Crippen LogP contribution is 2.62. The van der Waals surface area contributed by atoms with E-state index in [1.165, 1.54) is 0 Å². The van der Waals surface area contributed by atoms with Crippen LogP contribution in [0.4, 0.5) is 0 Å². The Labute approximate surface area is 387 Å². The lowest BCUT2D eigenvalue weighted by atomic mass is 9.55. The van der Waals surface area contributed by atoms with Crippen molar-refractivity contribution in [2.45, 2.75) is 94.8 Å². The Kier molecular flexibility index (Phi) is 14.6. The van der Waals surface area contributed by atoms with Gasteiger partial charge in [-0.15, -0.1) is 6.58 Å². The molecule has 2 N–H and O–H groups in total. The van der Waals surface area contributed by atoms with Gasteiger partial charge in [-0.25, -0.2) is 0 Å². The second-order valence-corrected chi connectivity index (χ2v) is 18.2. The van der Waals surface area contributed by atoms with E-state index in [4.69, 9.17) is 38.4 Å². The molecule has 1 saturated carbocycles. The summed E-state index contributed by atoms with van der Waals surface area (Å²) in [7, 11) is 0. The van der Waals surface area contributed by atoms with Gasteiger partial charge in [0, 0.05) is 69.3 Å². The first kappa shape index (κ1) is 45.7. The molecule has 6 aliphatic rings. The molecule has 3 aromatic carbocycles. The third-order valence-electron chi connectivity index (χ3n) is 14.0. The van der Waals surface area contributed by atoms with Crippen molar-refractivity contribution in [3.8, 4) is 29.1 Å². The molecule has 2 saturated heterocycles. The zero-order chi connectivity index (χ0) is 45.5. The number of hydrogen-bond acceptors (Lipinski definition) is 13. The summed E-state index contributed by atoms with van der Waals surface area (Å²) in [6.07, 6.45) is 11.0. The molecule has 4 heterocycles. The molecule has 0 radical (unpaired) electrons. The number of unbranched alkanes of at least 4 members (excludes halogenated alkanes) is 2. The quantitative estimate of drug-likeness (QED) is 0.0470. The minimum atomic E-state index is -1.48. The Morgan fingerprint density at radius 1 is 0.985 bits per heavy atom. The van der Waals surface area contributed by atoms with E-state index >= 15 is 4.79 Å². The van der Waals surface area contributed by atoms with Crippen LogP contribution in [-0.4, -0.2) is 109 Å². The minimum Gasteiger partial charge on any atom is -0.492 e. The highest BCUT2D eigenvalue weighted by Gasteiger charge is 2.65. The summed E-state index contributed by atoms with van der Waals surface area (Å²) in [6.45, 7) is 8.81. The maximum absolute atomic E-state index is 15.5. The lowest BCUT2D eigenvalue weighted by Crippen LogP contribution is -2.70. The zero-order valence-electron chi connectivity index (χ0n) is 37.7. The van der Waals surface area contributed by atoms with Crippen molar-refractivity contribution in [1.82, 2.24) is 9.80 Å². The molecule has 2 aliphatic carbocycles. The summed E-state index contributed by atoms with van der Waals surface area (Å²) in [6, 6.07) is 19.8. The molecule has 1 unspecified atom stereocenters. The van der Waals surface area contributed by atoms with Crippen LogP contribution in [0.1, 0.15) is 97.2 Å². The van der Waals surface area contributed by atoms with Crippen LogP contribution in [0.3, 0.4) is 0 Å². The van der Waals surface area contributed by atoms with Crippen LogP contribution in [0.2, 0.25) is 0 Å². The lowest BCUT2D eigenvalue weighted by Gasteiger charge is -2.60. The number of aliphatic hydroxyl groups excluding tert-OH is 2. The van der Waals surface area contributed by atoms with Crippen LogP contribution in [0.5, 0.6) is 23.0 Å². The van der Waals surface area contributed by atoms with Gasteiger partial charge >= 0.3 is 0 Å². The predicted octanol–water partition coefficient (Wildman–Crippen LogP) is 7.48. The number of carbonyl (C=O) groups is 1. The van der Waals surface area contributed by atoms with Crippen LogP contribution in [0, 0.1) is 29.1 Å². The third-order valence-corrected chi connectivity index (χ3v) is 14.0. The van der Waals surface area contributed by atoms with E-state index in [9.17, 15) is 15.5 Å². The number of rotatable bonds is 21. The lowest BCUT2D eigenvalue weighted by molar-refractivity contribution is -0.255. The van der Waals surface area contributed by atoms with E-state index in [2.05, 4.69) is 29.7 Å². The Bertz CT molecular complexity index is 2280. The molecule has 1 amide bonds. The number of benzene rings is 3. The molecule has 3 aromatic rings. The van der Waals surface area contributed by atoms with Gasteiger partial charge in [0.1, 0.15) is 24.1 Å². The Morgan fingerprint density at radius 3 is 2.55 bits per heavy atom. The Balaban J connectivity index is 1.24. The number of ether oxygens (including phenoxy) is 6. The summed E-state index contributed by atoms with van der Waals surface area (Å²) in [5, 5.41) is 34.8. The molecule has 14 heteroatoms. The van der Waals surface area contributed by atoms with Gasteiger partial charge in [-0.05, 0) is 116 Å². The van der Waals surface area contributed by atoms with E-state index in [1.54, 1.807) is 30.3 Å². The van der Waals surface area contributed by atoms with Crippen molar-refractivity contribution >= 4 is 11.6 Å². The van der Waals surface area contributed by atoms with E-state index in [-0.39, 0.29) is 63.2 Å². The molecule has 0 bridgehead atoms. The van der Waals surface area contributed by atoms with Crippen LogP contribution in [0.25, 0.3) is 0 Å². The fraction of sp³-hybridized carbons (Fsp3) is 0.519. The topological polar surface area (TPSA) is 165 Å². The first-order valence-corrected chi connectivity index (χ1v) is 23.8. The molecule has 4 aliphatic heterocycles. The Morgan fingerprint density at radius 2 is 1.79 bits per heavy atom. The molecule has 0 spiro atoms. The number of aliphatic hydroxyl groups is 2. The van der Waals surface area contributed by atoms with Gasteiger partial charge in [-0.1, -0.05) is 36.2 Å². The number of nitriles is 1. The average Bonchev–Trinajstić information content (AvgIpc) is 4.06. The first-order valence-electron chi connectivity index (χ1n) is 23.8. The van der Waals surface area contributed by atoms with Crippen molar-refractivity contribution in [3.05, 3.63) is 107 Å². The van der Waals surface area contributed by atoms with Gasteiger partial charge < -0.3 is 48.4 Å². The molecular formula is C52H62N4O10. The van der Waals surface area contributed by atoms with Gasteiger partial charge in [0.05, 0.1) is 36.5 Å². The Hall–Kier alpha value is -5.43. The molecule has 9 rings (SSSR count). The maximum Gasteiger partial charge on any atom is 0.254 e. The number of fused-ring (bicyclic) bond motifs is 3. The third kappa shape index (κ3) is 9.82. The smallest absolute Gasteiger partial charge is 0.254 e. The summed E-state index contributed by atoms with van der Waals surface area (Å²) in [4.78, 5) is 26.0. The average molecular weight is 903 g/mol.